The molecular formula is C14H18O3. The minimum atomic E-state index is -0.684. The van der Waals surface area contributed by atoms with E-state index >= 15 is 0 Å². The topological polar surface area (TPSA) is 53.6 Å². The Kier molecular flexibility index (Phi) is 3.38. The van der Waals surface area contributed by atoms with Gasteiger partial charge in [0, 0.05) is 10.9 Å². The molecule has 0 bridgehead atoms. The zero-order chi connectivity index (χ0) is 12.4. The molecule has 0 saturated carbocycles. The van der Waals surface area contributed by atoms with Crippen molar-refractivity contribution in [2.45, 2.75) is 39.2 Å². The highest BCUT2D eigenvalue weighted by Crippen LogP contribution is 2.36. The molecule has 0 saturated heterocycles. The van der Waals surface area contributed by atoms with E-state index in [0.717, 1.165) is 30.2 Å². The van der Waals surface area contributed by atoms with Crippen molar-refractivity contribution in [3.63, 3.8) is 0 Å². The second-order valence-electron chi connectivity index (χ2n) is 4.42. The van der Waals surface area contributed by atoms with E-state index in [-0.39, 0.29) is 5.75 Å². The monoisotopic (exact) mass is 234 g/mol. The molecule has 0 spiro atoms. The third kappa shape index (κ3) is 2.15. The number of aliphatic hydroxyl groups is 1. The highest BCUT2D eigenvalue weighted by Gasteiger charge is 2.18. The van der Waals surface area contributed by atoms with Gasteiger partial charge in [0.15, 0.2) is 11.3 Å². The number of fused-ring (bicyclic) bond motifs is 1. The van der Waals surface area contributed by atoms with E-state index < -0.39 is 6.10 Å². The van der Waals surface area contributed by atoms with Gasteiger partial charge in [0.05, 0.1) is 12.4 Å². The highest BCUT2D eigenvalue weighted by molar-refractivity contribution is 5.85. The SMILES string of the molecule is CCCCc1cc2ccoc2c(O)c1C(C)O. The summed E-state index contributed by atoms with van der Waals surface area (Å²) >= 11 is 0. The molecule has 2 aromatic rings. The smallest absolute Gasteiger partial charge is 0.175 e. The fourth-order valence-electron chi connectivity index (χ4n) is 2.21. The van der Waals surface area contributed by atoms with Crippen LogP contribution < -0.4 is 0 Å². The second-order valence-corrected chi connectivity index (χ2v) is 4.42. The summed E-state index contributed by atoms with van der Waals surface area (Å²) in [5.41, 5.74) is 2.07. The molecule has 0 radical (unpaired) electrons. The number of rotatable bonds is 4. The van der Waals surface area contributed by atoms with Crippen LogP contribution in [0.2, 0.25) is 0 Å². The first-order chi connectivity index (χ1) is 8.15. The Morgan fingerprint density at radius 1 is 1.41 bits per heavy atom. The summed E-state index contributed by atoms with van der Waals surface area (Å²) in [5.74, 6) is 0.0774. The number of unbranched alkanes of at least 4 members (excludes halogenated alkanes) is 1. The fourth-order valence-corrected chi connectivity index (χ4v) is 2.21. The van der Waals surface area contributed by atoms with Gasteiger partial charge < -0.3 is 14.6 Å². The van der Waals surface area contributed by atoms with Gasteiger partial charge in [-0.05, 0) is 37.5 Å². The molecule has 1 unspecified atom stereocenters. The standard InChI is InChI=1S/C14H18O3/c1-3-4-5-10-8-11-6-7-17-14(11)13(16)12(10)9(2)15/h6-9,15-16H,3-5H2,1-2H3. The minimum Gasteiger partial charge on any atom is -0.504 e. The van der Waals surface area contributed by atoms with Gasteiger partial charge in [-0.15, -0.1) is 0 Å². The third-order valence-electron chi connectivity index (χ3n) is 3.06. The number of benzene rings is 1. The number of hydrogen-bond donors (Lipinski definition) is 2. The van der Waals surface area contributed by atoms with Crippen molar-refractivity contribution in [2.75, 3.05) is 0 Å². The van der Waals surface area contributed by atoms with Crippen molar-refractivity contribution < 1.29 is 14.6 Å². The van der Waals surface area contributed by atoms with E-state index in [4.69, 9.17) is 4.42 Å². The van der Waals surface area contributed by atoms with Crippen LogP contribution in [0.4, 0.5) is 0 Å². The van der Waals surface area contributed by atoms with Crippen LogP contribution in [0.15, 0.2) is 22.8 Å². The first-order valence-corrected chi connectivity index (χ1v) is 6.05. The molecule has 1 aromatic heterocycles. The average Bonchev–Trinajstić information content (AvgIpc) is 2.74. The predicted molar refractivity (Wildman–Crippen MR) is 67.1 cm³/mol. The molecule has 0 fully saturated rings. The zero-order valence-electron chi connectivity index (χ0n) is 10.2. The lowest BCUT2D eigenvalue weighted by Gasteiger charge is -2.14. The third-order valence-corrected chi connectivity index (χ3v) is 3.06. The average molecular weight is 234 g/mol. The molecule has 1 aromatic carbocycles. The van der Waals surface area contributed by atoms with Crippen molar-refractivity contribution in [3.8, 4) is 5.75 Å². The summed E-state index contributed by atoms with van der Waals surface area (Å²) in [7, 11) is 0. The summed E-state index contributed by atoms with van der Waals surface area (Å²) < 4.78 is 5.24. The normalized spacial score (nSPS) is 13.1. The van der Waals surface area contributed by atoms with E-state index in [9.17, 15) is 10.2 Å². The van der Waals surface area contributed by atoms with Crippen molar-refractivity contribution in [2.24, 2.45) is 0 Å². The molecule has 0 aliphatic carbocycles. The Labute approximate surface area is 101 Å². The number of aliphatic hydroxyl groups excluding tert-OH is 1. The molecule has 1 heterocycles. The molecule has 0 amide bonds. The van der Waals surface area contributed by atoms with Gasteiger partial charge in [-0.25, -0.2) is 0 Å². The van der Waals surface area contributed by atoms with Gasteiger partial charge in [0.25, 0.3) is 0 Å². The molecule has 3 heteroatoms. The van der Waals surface area contributed by atoms with Crippen molar-refractivity contribution in [1.82, 2.24) is 0 Å². The maximum absolute atomic E-state index is 10.1. The number of aryl methyl sites for hydroxylation is 1. The predicted octanol–water partition coefficient (Wildman–Crippen LogP) is 3.53. The highest BCUT2D eigenvalue weighted by atomic mass is 16.3. The number of phenolic OH excluding ortho intramolecular Hbond substituents is 1. The lowest BCUT2D eigenvalue weighted by atomic mass is 9.96. The zero-order valence-corrected chi connectivity index (χ0v) is 10.2. The molecule has 0 aliphatic rings. The van der Waals surface area contributed by atoms with Crippen LogP contribution in [0, 0.1) is 0 Å². The van der Waals surface area contributed by atoms with Gasteiger partial charge in [-0.1, -0.05) is 13.3 Å². The Morgan fingerprint density at radius 3 is 2.82 bits per heavy atom. The van der Waals surface area contributed by atoms with E-state index in [1.807, 2.05) is 12.1 Å². The second kappa shape index (κ2) is 4.80. The van der Waals surface area contributed by atoms with E-state index in [1.54, 1.807) is 13.2 Å². The van der Waals surface area contributed by atoms with E-state index in [0.29, 0.717) is 11.1 Å². The Hall–Kier alpha value is -1.48. The number of aromatic hydroxyl groups is 1. The van der Waals surface area contributed by atoms with Crippen molar-refractivity contribution in [3.05, 3.63) is 29.5 Å². The van der Waals surface area contributed by atoms with Crippen LogP contribution in [0.3, 0.4) is 0 Å². The summed E-state index contributed by atoms with van der Waals surface area (Å²) in [6.07, 6.45) is 3.87. The molecule has 2 N–H and O–H groups in total. The number of furan rings is 1. The molecule has 1 atom stereocenters. The van der Waals surface area contributed by atoms with E-state index in [2.05, 4.69) is 6.92 Å². The summed E-state index contributed by atoms with van der Waals surface area (Å²) in [6, 6.07) is 3.83. The molecule has 2 rings (SSSR count). The van der Waals surface area contributed by atoms with Gasteiger partial charge in [-0.3, -0.25) is 0 Å². The molecule has 92 valence electrons. The lowest BCUT2D eigenvalue weighted by molar-refractivity contribution is 0.193. The number of phenols is 1. The maximum atomic E-state index is 10.1. The van der Waals surface area contributed by atoms with Gasteiger partial charge >= 0.3 is 0 Å². The van der Waals surface area contributed by atoms with Crippen LogP contribution in [0.1, 0.15) is 43.9 Å². The molecule has 0 aliphatic heterocycles. The van der Waals surface area contributed by atoms with Crippen LogP contribution >= 0.6 is 0 Å². The summed E-state index contributed by atoms with van der Waals surface area (Å²) in [4.78, 5) is 0. The summed E-state index contributed by atoms with van der Waals surface area (Å²) in [6.45, 7) is 3.79. The first kappa shape index (κ1) is 12.0. The first-order valence-electron chi connectivity index (χ1n) is 6.05. The van der Waals surface area contributed by atoms with Crippen molar-refractivity contribution in [1.29, 1.82) is 0 Å². The van der Waals surface area contributed by atoms with Crippen LogP contribution in [-0.4, -0.2) is 10.2 Å². The largest absolute Gasteiger partial charge is 0.504 e. The van der Waals surface area contributed by atoms with Gasteiger partial charge in [-0.2, -0.15) is 0 Å². The van der Waals surface area contributed by atoms with Crippen LogP contribution in [-0.2, 0) is 6.42 Å². The maximum Gasteiger partial charge on any atom is 0.175 e. The van der Waals surface area contributed by atoms with Gasteiger partial charge in [0.1, 0.15) is 0 Å². The molecule has 3 nitrogen and oxygen atoms in total. The van der Waals surface area contributed by atoms with Crippen LogP contribution in [0.5, 0.6) is 5.75 Å². The minimum absolute atomic E-state index is 0.0774. The Morgan fingerprint density at radius 2 is 2.18 bits per heavy atom. The number of hydrogen-bond acceptors (Lipinski definition) is 3. The van der Waals surface area contributed by atoms with E-state index in [1.165, 1.54) is 0 Å². The lowest BCUT2D eigenvalue weighted by Crippen LogP contribution is -1.99. The van der Waals surface area contributed by atoms with Crippen molar-refractivity contribution >= 4 is 11.0 Å². The van der Waals surface area contributed by atoms with Gasteiger partial charge in [0.2, 0.25) is 0 Å². The fraction of sp³-hybridized carbons (Fsp3) is 0.429. The Balaban J connectivity index is 2.58. The quantitative estimate of drug-likeness (QED) is 0.850. The molecule has 17 heavy (non-hydrogen) atoms. The Bertz CT molecular complexity index is 511. The molecular weight excluding hydrogens is 216 g/mol. The van der Waals surface area contributed by atoms with Crippen LogP contribution in [0.25, 0.3) is 11.0 Å². The summed E-state index contributed by atoms with van der Waals surface area (Å²) in [5, 5.41) is 20.8.